The van der Waals surface area contributed by atoms with Crippen LogP contribution < -0.4 is 4.90 Å². The van der Waals surface area contributed by atoms with E-state index in [9.17, 15) is 0 Å². The van der Waals surface area contributed by atoms with Crippen molar-refractivity contribution in [1.29, 1.82) is 0 Å². The van der Waals surface area contributed by atoms with Crippen molar-refractivity contribution in [2.24, 2.45) is 0 Å². The van der Waals surface area contributed by atoms with Crippen molar-refractivity contribution in [1.82, 2.24) is 0 Å². The lowest BCUT2D eigenvalue weighted by Crippen LogP contribution is -2.12. The summed E-state index contributed by atoms with van der Waals surface area (Å²) in [5.41, 5.74) is 5.21. The lowest BCUT2D eigenvalue weighted by molar-refractivity contribution is 0.631. The van der Waals surface area contributed by atoms with E-state index >= 15 is 0 Å². The zero-order valence-electron chi connectivity index (χ0n) is 23.9. The minimum atomic E-state index is 0.851. The third-order valence-electron chi connectivity index (χ3n) is 8.81. The fourth-order valence-electron chi connectivity index (χ4n) is 6.76. The van der Waals surface area contributed by atoms with E-state index in [1.54, 1.807) is 0 Å². The molecular formula is C42H27NO. The molecule has 206 valence electrons. The second kappa shape index (κ2) is 9.86. The molecule has 0 unspecified atom stereocenters. The highest BCUT2D eigenvalue weighted by Crippen LogP contribution is 2.46. The van der Waals surface area contributed by atoms with E-state index in [0.29, 0.717) is 0 Å². The fraction of sp³-hybridized carbons (Fsp3) is 0. The van der Waals surface area contributed by atoms with Gasteiger partial charge in [-0.05, 0) is 80.2 Å². The molecule has 0 amide bonds. The maximum atomic E-state index is 6.47. The minimum Gasteiger partial charge on any atom is -0.456 e. The molecule has 0 atom stereocenters. The van der Waals surface area contributed by atoms with E-state index in [4.69, 9.17) is 4.42 Å². The van der Waals surface area contributed by atoms with Crippen LogP contribution in [0.2, 0.25) is 0 Å². The first-order valence-corrected chi connectivity index (χ1v) is 15.0. The molecule has 0 aliphatic heterocycles. The van der Waals surface area contributed by atoms with Crippen LogP contribution in [0.5, 0.6) is 0 Å². The Morgan fingerprint density at radius 2 is 0.955 bits per heavy atom. The Kier molecular flexibility index (Phi) is 5.54. The van der Waals surface area contributed by atoms with Crippen molar-refractivity contribution in [2.75, 3.05) is 4.90 Å². The average molecular weight is 562 g/mol. The first kappa shape index (κ1) is 24.7. The Bertz CT molecular complexity index is 2490. The molecule has 0 spiro atoms. The minimum absolute atomic E-state index is 0.851. The van der Waals surface area contributed by atoms with Gasteiger partial charge in [-0.25, -0.2) is 0 Å². The summed E-state index contributed by atoms with van der Waals surface area (Å²) in [7, 11) is 0. The van der Waals surface area contributed by atoms with Crippen LogP contribution in [0.25, 0.3) is 65.4 Å². The molecule has 0 radical (unpaired) electrons. The normalized spacial score (nSPS) is 11.6. The molecule has 0 bridgehead atoms. The van der Waals surface area contributed by atoms with Gasteiger partial charge in [0, 0.05) is 22.0 Å². The predicted molar refractivity (Wildman–Crippen MR) is 186 cm³/mol. The molecule has 0 saturated carbocycles. The van der Waals surface area contributed by atoms with Gasteiger partial charge in [-0.1, -0.05) is 121 Å². The molecule has 9 aromatic rings. The Balaban J connectivity index is 1.36. The van der Waals surface area contributed by atoms with Crippen molar-refractivity contribution in [3.8, 4) is 11.3 Å². The summed E-state index contributed by atoms with van der Waals surface area (Å²) in [5, 5.41) is 11.0. The summed E-state index contributed by atoms with van der Waals surface area (Å²) < 4.78 is 6.47. The van der Waals surface area contributed by atoms with E-state index in [1.807, 2.05) is 12.1 Å². The van der Waals surface area contributed by atoms with Gasteiger partial charge in [-0.2, -0.15) is 0 Å². The van der Waals surface area contributed by atoms with Gasteiger partial charge in [-0.15, -0.1) is 0 Å². The van der Waals surface area contributed by atoms with E-state index in [2.05, 4.69) is 157 Å². The van der Waals surface area contributed by atoms with Crippen molar-refractivity contribution < 1.29 is 4.42 Å². The van der Waals surface area contributed by atoms with E-state index in [0.717, 1.165) is 39.4 Å². The van der Waals surface area contributed by atoms with E-state index < -0.39 is 0 Å². The van der Waals surface area contributed by atoms with Gasteiger partial charge in [0.25, 0.3) is 0 Å². The van der Waals surface area contributed by atoms with Crippen LogP contribution in [0.1, 0.15) is 0 Å². The summed E-state index contributed by atoms with van der Waals surface area (Å²) in [4.78, 5) is 2.41. The SMILES string of the molecule is c1ccc(N(c2ccc3c(ccc4ccccc43)c2)c2cc3ccccc3c3ccccc23)c(-c2cc3ccccc3o2)c1. The second-order valence-electron chi connectivity index (χ2n) is 11.4. The lowest BCUT2D eigenvalue weighted by Gasteiger charge is -2.29. The molecular weight excluding hydrogens is 534 g/mol. The standard InChI is InChI=1S/C42H27NO/c1-4-14-33-28(11-1)21-22-30-25-32(23-24-35(30)33)43(40-26-29-12-2-5-15-34(29)36-16-6-7-17-37(36)40)39-19-9-8-18-38(39)42-27-31-13-3-10-20-41(31)44-42/h1-27H. The summed E-state index contributed by atoms with van der Waals surface area (Å²) in [6.45, 7) is 0. The highest BCUT2D eigenvalue weighted by atomic mass is 16.3. The molecule has 44 heavy (non-hydrogen) atoms. The summed E-state index contributed by atoms with van der Waals surface area (Å²) in [6.07, 6.45) is 0. The number of benzene rings is 8. The van der Waals surface area contributed by atoms with Crippen LogP contribution in [0.3, 0.4) is 0 Å². The third-order valence-corrected chi connectivity index (χ3v) is 8.81. The number of hydrogen-bond donors (Lipinski definition) is 0. The van der Waals surface area contributed by atoms with Crippen LogP contribution in [0, 0.1) is 0 Å². The van der Waals surface area contributed by atoms with Crippen molar-refractivity contribution >= 4 is 71.1 Å². The molecule has 8 aromatic carbocycles. The molecule has 0 N–H and O–H groups in total. The van der Waals surface area contributed by atoms with Gasteiger partial charge < -0.3 is 9.32 Å². The van der Waals surface area contributed by atoms with E-state index in [-0.39, 0.29) is 0 Å². The van der Waals surface area contributed by atoms with Gasteiger partial charge in [0.15, 0.2) is 0 Å². The quantitative estimate of drug-likeness (QED) is 0.199. The predicted octanol–water partition coefficient (Wildman–Crippen LogP) is 12.2. The van der Waals surface area contributed by atoms with Crippen LogP contribution in [-0.2, 0) is 0 Å². The Hall–Kier alpha value is -5.86. The number of nitrogens with zero attached hydrogens (tertiary/aromatic N) is 1. The van der Waals surface area contributed by atoms with Crippen LogP contribution in [-0.4, -0.2) is 0 Å². The molecule has 1 aromatic heterocycles. The monoisotopic (exact) mass is 561 g/mol. The first-order chi connectivity index (χ1) is 21.8. The maximum Gasteiger partial charge on any atom is 0.137 e. The van der Waals surface area contributed by atoms with E-state index in [1.165, 1.54) is 43.1 Å². The third kappa shape index (κ3) is 3.89. The van der Waals surface area contributed by atoms with Crippen LogP contribution >= 0.6 is 0 Å². The van der Waals surface area contributed by atoms with Gasteiger partial charge in [0.05, 0.1) is 11.4 Å². The Morgan fingerprint density at radius 3 is 1.80 bits per heavy atom. The molecule has 0 aliphatic carbocycles. The summed E-state index contributed by atoms with van der Waals surface area (Å²) in [6, 6.07) is 58.6. The Morgan fingerprint density at radius 1 is 0.364 bits per heavy atom. The van der Waals surface area contributed by atoms with Crippen LogP contribution in [0.15, 0.2) is 168 Å². The fourth-order valence-corrected chi connectivity index (χ4v) is 6.76. The molecule has 2 nitrogen and oxygen atoms in total. The Labute approximate surface area is 255 Å². The maximum absolute atomic E-state index is 6.47. The van der Waals surface area contributed by atoms with Crippen molar-refractivity contribution in [3.63, 3.8) is 0 Å². The lowest BCUT2D eigenvalue weighted by atomic mass is 9.97. The largest absolute Gasteiger partial charge is 0.456 e. The van der Waals surface area contributed by atoms with Gasteiger partial charge >= 0.3 is 0 Å². The molecule has 1 heterocycles. The molecule has 0 saturated heterocycles. The van der Waals surface area contributed by atoms with Crippen LogP contribution in [0.4, 0.5) is 17.1 Å². The number of para-hydroxylation sites is 2. The number of anilines is 3. The summed E-state index contributed by atoms with van der Waals surface area (Å²) in [5.74, 6) is 0.851. The number of rotatable bonds is 4. The number of furan rings is 1. The topological polar surface area (TPSA) is 16.4 Å². The average Bonchev–Trinajstić information content (AvgIpc) is 3.53. The zero-order valence-corrected chi connectivity index (χ0v) is 23.9. The number of fused-ring (bicyclic) bond motifs is 7. The van der Waals surface area contributed by atoms with Crippen molar-refractivity contribution in [3.05, 3.63) is 164 Å². The van der Waals surface area contributed by atoms with Gasteiger partial charge in [-0.3, -0.25) is 0 Å². The molecule has 0 aliphatic rings. The van der Waals surface area contributed by atoms with Gasteiger partial charge in [0.1, 0.15) is 11.3 Å². The zero-order chi connectivity index (χ0) is 29.0. The second-order valence-corrected chi connectivity index (χ2v) is 11.4. The summed E-state index contributed by atoms with van der Waals surface area (Å²) >= 11 is 0. The number of hydrogen-bond acceptors (Lipinski definition) is 2. The first-order valence-electron chi connectivity index (χ1n) is 15.0. The molecule has 2 heteroatoms. The smallest absolute Gasteiger partial charge is 0.137 e. The highest BCUT2D eigenvalue weighted by Gasteiger charge is 2.22. The van der Waals surface area contributed by atoms with Gasteiger partial charge in [0.2, 0.25) is 0 Å². The van der Waals surface area contributed by atoms with Crippen molar-refractivity contribution in [2.45, 2.75) is 0 Å². The highest BCUT2D eigenvalue weighted by molar-refractivity contribution is 6.15. The molecule has 9 rings (SSSR count). The molecule has 0 fully saturated rings.